The van der Waals surface area contributed by atoms with E-state index in [-0.39, 0.29) is 24.4 Å². The SMILES string of the molecule is CCCC1(CNC(=O)C2CNCCO2)CCC1.Cl. The summed E-state index contributed by atoms with van der Waals surface area (Å²) in [6, 6.07) is 0. The van der Waals surface area contributed by atoms with Crippen LogP contribution in [-0.4, -0.2) is 38.3 Å². The average molecular weight is 277 g/mol. The molecule has 0 radical (unpaired) electrons. The molecule has 0 bridgehead atoms. The molecule has 18 heavy (non-hydrogen) atoms. The molecule has 2 N–H and O–H groups in total. The molecule has 5 heteroatoms. The summed E-state index contributed by atoms with van der Waals surface area (Å²) in [4.78, 5) is 11.9. The van der Waals surface area contributed by atoms with Gasteiger partial charge in [-0.15, -0.1) is 12.4 Å². The molecular formula is C13H25ClN2O2. The van der Waals surface area contributed by atoms with Crippen LogP contribution >= 0.6 is 12.4 Å². The lowest BCUT2D eigenvalue weighted by atomic mass is 9.66. The van der Waals surface area contributed by atoms with Crippen LogP contribution in [0.4, 0.5) is 0 Å². The van der Waals surface area contributed by atoms with Gasteiger partial charge in [0.05, 0.1) is 6.61 Å². The van der Waals surface area contributed by atoms with Gasteiger partial charge in [0.2, 0.25) is 5.91 Å². The summed E-state index contributed by atoms with van der Waals surface area (Å²) in [5.41, 5.74) is 0.395. The lowest BCUT2D eigenvalue weighted by Gasteiger charge is -2.42. The molecule has 2 fully saturated rings. The van der Waals surface area contributed by atoms with Gasteiger partial charge in [0.15, 0.2) is 0 Å². The molecule has 4 nitrogen and oxygen atoms in total. The van der Waals surface area contributed by atoms with Crippen LogP contribution in [0.2, 0.25) is 0 Å². The second kappa shape index (κ2) is 7.31. The van der Waals surface area contributed by atoms with Gasteiger partial charge in [-0.05, 0) is 24.7 Å². The van der Waals surface area contributed by atoms with Gasteiger partial charge in [-0.3, -0.25) is 4.79 Å². The third-order valence-corrected chi connectivity index (χ3v) is 4.05. The number of rotatable bonds is 5. The third kappa shape index (κ3) is 3.84. The van der Waals surface area contributed by atoms with Gasteiger partial charge >= 0.3 is 0 Å². The normalized spacial score (nSPS) is 25.7. The molecule has 1 saturated carbocycles. The Labute approximate surface area is 116 Å². The van der Waals surface area contributed by atoms with E-state index >= 15 is 0 Å². The van der Waals surface area contributed by atoms with E-state index in [0.717, 1.165) is 13.1 Å². The Morgan fingerprint density at radius 3 is 2.78 bits per heavy atom. The van der Waals surface area contributed by atoms with Crippen LogP contribution in [0.25, 0.3) is 0 Å². The van der Waals surface area contributed by atoms with Crippen molar-refractivity contribution in [2.75, 3.05) is 26.2 Å². The minimum atomic E-state index is -0.289. The number of nitrogens with one attached hydrogen (secondary N) is 2. The topological polar surface area (TPSA) is 50.4 Å². The first kappa shape index (κ1) is 15.7. The van der Waals surface area contributed by atoms with E-state index in [1.165, 1.54) is 32.1 Å². The summed E-state index contributed by atoms with van der Waals surface area (Å²) in [6.45, 7) is 5.18. The molecule has 0 aromatic rings. The number of halogens is 1. The zero-order valence-corrected chi connectivity index (χ0v) is 12.0. The summed E-state index contributed by atoms with van der Waals surface area (Å²) < 4.78 is 5.44. The molecule has 106 valence electrons. The number of hydrogen-bond donors (Lipinski definition) is 2. The molecule has 0 spiro atoms. The predicted octanol–water partition coefficient (Wildman–Crippen LogP) is 1.48. The lowest BCUT2D eigenvalue weighted by Crippen LogP contribution is -2.51. The van der Waals surface area contributed by atoms with Crippen LogP contribution in [0, 0.1) is 5.41 Å². The van der Waals surface area contributed by atoms with Crippen LogP contribution in [0.3, 0.4) is 0 Å². The predicted molar refractivity (Wildman–Crippen MR) is 74.1 cm³/mol. The molecule has 1 aliphatic heterocycles. The van der Waals surface area contributed by atoms with Gasteiger partial charge < -0.3 is 15.4 Å². The number of carbonyl (C=O) groups is 1. The molecule has 1 aliphatic carbocycles. The lowest BCUT2D eigenvalue weighted by molar-refractivity contribution is -0.135. The number of amides is 1. The van der Waals surface area contributed by atoms with Crippen molar-refractivity contribution in [1.29, 1.82) is 0 Å². The van der Waals surface area contributed by atoms with E-state index in [2.05, 4.69) is 17.6 Å². The fraction of sp³-hybridized carbons (Fsp3) is 0.923. The summed E-state index contributed by atoms with van der Waals surface area (Å²) >= 11 is 0. The molecule has 1 saturated heterocycles. The Balaban J connectivity index is 0.00000162. The van der Waals surface area contributed by atoms with Crippen molar-refractivity contribution in [2.24, 2.45) is 5.41 Å². The van der Waals surface area contributed by atoms with Gasteiger partial charge in [0.25, 0.3) is 0 Å². The Bertz CT molecular complexity index is 264. The highest BCUT2D eigenvalue weighted by Crippen LogP contribution is 2.44. The Morgan fingerprint density at radius 2 is 2.28 bits per heavy atom. The first-order chi connectivity index (χ1) is 8.26. The fourth-order valence-electron chi connectivity index (χ4n) is 2.84. The minimum Gasteiger partial charge on any atom is -0.366 e. The second-order valence-corrected chi connectivity index (χ2v) is 5.38. The summed E-state index contributed by atoms with van der Waals surface area (Å²) in [5.74, 6) is 0.0552. The highest BCUT2D eigenvalue weighted by Gasteiger charge is 2.36. The second-order valence-electron chi connectivity index (χ2n) is 5.38. The summed E-state index contributed by atoms with van der Waals surface area (Å²) in [7, 11) is 0. The average Bonchev–Trinajstić information content (AvgIpc) is 2.33. The van der Waals surface area contributed by atoms with Gasteiger partial charge in [-0.1, -0.05) is 19.8 Å². The number of carbonyl (C=O) groups excluding carboxylic acids is 1. The molecule has 0 aromatic carbocycles. The Kier molecular flexibility index (Phi) is 6.39. The molecular weight excluding hydrogens is 252 g/mol. The molecule has 2 rings (SSSR count). The van der Waals surface area contributed by atoms with Gasteiger partial charge in [0.1, 0.15) is 6.10 Å². The largest absolute Gasteiger partial charge is 0.366 e. The van der Waals surface area contributed by atoms with Crippen LogP contribution in [0.1, 0.15) is 39.0 Å². The van der Waals surface area contributed by atoms with E-state index in [1.807, 2.05) is 0 Å². The molecule has 1 heterocycles. The number of morpholine rings is 1. The van der Waals surface area contributed by atoms with Crippen molar-refractivity contribution < 1.29 is 9.53 Å². The summed E-state index contributed by atoms with van der Waals surface area (Å²) in [6.07, 6.45) is 6.00. The minimum absolute atomic E-state index is 0. The van der Waals surface area contributed by atoms with Crippen molar-refractivity contribution in [3.05, 3.63) is 0 Å². The first-order valence-electron chi connectivity index (χ1n) is 6.86. The van der Waals surface area contributed by atoms with Crippen molar-refractivity contribution in [3.8, 4) is 0 Å². The maximum absolute atomic E-state index is 11.9. The number of hydrogen-bond acceptors (Lipinski definition) is 3. The fourth-order valence-corrected chi connectivity index (χ4v) is 2.84. The van der Waals surface area contributed by atoms with Gasteiger partial charge in [-0.25, -0.2) is 0 Å². The summed E-state index contributed by atoms with van der Waals surface area (Å²) in [5, 5.41) is 6.26. The van der Waals surface area contributed by atoms with E-state index in [1.54, 1.807) is 0 Å². The highest BCUT2D eigenvalue weighted by molar-refractivity contribution is 5.85. The van der Waals surface area contributed by atoms with Crippen molar-refractivity contribution in [2.45, 2.75) is 45.1 Å². The monoisotopic (exact) mass is 276 g/mol. The standard InChI is InChI=1S/C13H24N2O2.ClH/c1-2-4-13(5-3-6-13)10-15-12(16)11-9-14-7-8-17-11;/h11,14H,2-10H2,1H3,(H,15,16);1H. The van der Waals surface area contributed by atoms with E-state index < -0.39 is 0 Å². The van der Waals surface area contributed by atoms with E-state index in [4.69, 9.17) is 4.74 Å². The van der Waals surface area contributed by atoms with Crippen LogP contribution in [0.15, 0.2) is 0 Å². The highest BCUT2D eigenvalue weighted by atomic mass is 35.5. The Hall–Kier alpha value is -0.320. The quantitative estimate of drug-likeness (QED) is 0.800. The van der Waals surface area contributed by atoms with Crippen molar-refractivity contribution in [1.82, 2.24) is 10.6 Å². The molecule has 0 aromatic heterocycles. The van der Waals surface area contributed by atoms with Crippen LogP contribution in [-0.2, 0) is 9.53 Å². The van der Waals surface area contributed by atoms with E-state index in [0.29, 0.717) is 18.6 Å². The molecule has 2 aliphatic rings. The molecule has 1 atom stereocenters. The third-order valence-electron chi connectivity index (χ3n) is 4.05. The van der Waals surface area contributed by atoms with Gasteiger partial charge in [-0.2, -0.15) is 0 Å². The first-order valence-corrected chi connectivity index (χ1v) is 6.86. The maximum Gasteiger partial charge on any atom is 0.250 e. The van der Waals surface area contributed by atoms with Crippen molar-refractivity contribution in [3.63, 3.8) is 0 Å². The Morgan fingerprint density at radius 1 is 1.50 bits per heavy atom. The van der Waals surface area contributed by atoms with Crippen molar-refractivity contribution >= 4 is 18.3 Å². The zero-order chi connectivity index (χ0) is 12.1. The molecule has 1 unspecified atom stereocenters. The van der Waals surface area contributed by atoms with Crippen LogP contribution < -0.4 is 10.6 Å². The molecule has 1 amide bonds. The van der Waals surface area contributed by atoms with E-state index in [9.17, 15) is 4.79 Å². The zero-order valence-electron chi connectivity index (χ0n) is 11.2. The maximum atomic E-state index is 11.9. The van der Waals surface area contributed by atoms with Gasteiger partial charge in [0, 0.05) is 19.6 Å². The smallest absolute Gasteiger partial charge is 0.250 e. The van der Waals surface area contributed by atoms with Crippen LogP contribution in [0.5, 0.6) is 0 Å². The number of ether oxygens (including phenoxy) is 1.